The van der Waals surface area contributed by atoms with Gasteiger partial charge in [-0.25, -0.2) is 4.39 Å². The smallest absolute Gasteiger partial charge is 0.310 e. The molecule has 3 rings (SSSR count). The number of benzene rings is 1. The SMILES string of the molecule is [3H]C([3H])([3H])N1[C@H]2CC[C@@H]1[C@@H](C(=O)OC)[C@@H](c1ccc(F)cc1)C2. The highest BCUT2D eigenvalue weighted by Crippen LogP contribution is 2.46. The van der Waals surface area contributed by atoms with Crippen LogP contribution in [-0.2, 0) is 9.53 Å². The van der Waals surface area contributed by atoms with Crippen molar-refractivity contribution in [1.29, 1.82) is 0 Å². The predicted octanol–water partition coefficient (Wildman–Crippen LogP) is 2.57. The van der Waals surface area contributed by atoms with Crippen molar-refractivity contribution in [2.75, 3.05) is 14.1 Å². The normalized spacial score (nSPS) is 36.0. The van der Waals surface area contributed by atoms with Crippen molar-refractivity contribution in [3.8, 4) is 0 Å². The first-order valence-corrected chi connectivity index (χ1v) is 6.94. The van der Waals surface area contributed by atoms with E-state index in [1.54, 1.807) is 12.1 Å². The van der Waals surface area contributed by atoms with Crippen LogP contribution in [0.4, 0.5) is 4.39 Å². The maximum absolute atomic E-state index is 13.2. The van der Waals surface area contributed by atoms with Gasteiger partial charge in [0.2, 0.25) is 0 Å². The van der Waals surface area contributed by atoms with Crippen LogP contribution in [-0.4, -0.2) is 37.0 Å². The second-order valence-corrected chi connectivity index (χ2v) is 5.65. The van der Waals surface area contributed by atoms with Crippen molar-refractivity contribution in [2.24, 2.45) is 5.92 Å². The van der Waals surface area contributed by atoms with E-state index in [0.717, 1.165) is 12.0 Å². The largest absolute Gasteiger partial charge is 0.469 e. The molecule has 4 heteroatoms. The van der Waals surface area contributed by atoms with Crippen molar-refractivity contribution in [1.82, 2.24) is 4.90 Å². The molecule has 0 unspecified atom stereocenters. The Morgan fingerprint density at radius 2 is 2.15 bits per heavy atom. The summed E-state index contributed by atoms with van der Waals surface area (Å²) in [5.41, 5.74) is 0.865. The fraction of sp³-hybridized carbons (Fsp3) is 0.562. The number of fused-ring (bicyclic) bond motifs is 2. The van der Waals surface area contributed by atoms with Crippen molar-refractivity contribution in [3.05, 3.63) is 35.6 Å². The van der Waals surface area contributed by atoms with Crippen molar-refractivity contribution in [3.63, 3.8) is 0 Å². The minimum absolute atomic E-state index is 0.0801. The lowest BCUT2D eigenvalue weighted by Crippen LogP contribution is -2.49. The van der Waals surface area contributed by atoms with Gasteiger partial charge in [-0.15, -0.1) is 0 Å². The van der Waals surface area contributed by atoms with E-state index in [2.05, 4.69) is 0 Å². The quantitative estimate of drug-likeness (QED) is 0.781. The van der Waals surface area contributed by atoms with Gasteiger partial charge in [0, 0.05) is 22.1 Å². The van der Waals surface area contributed by atoms with E-state index in [0.29, 0.717) is 12.8 Å². The summed E-state index contributed by atoms with van der Waals surface area (Å²) in [7, 11) is 1.32. The van der Waals surface area contributed by atoms with Crippen LogP contribution < -0.4 is 0 Å². The van der Waals surface area contributed by atoms with Crippen molar-refractivity contribution >= 4 is 5.97 Å². The predicted molar refractivity (Wildman–Crippen MR) is 73.8 cm³/mol. The Kier molecular flexibility index (Phi) is 2.67. The fourth-order valence-corrected chi connectivity index (χ4v) is 3.71. The molecule has 0 aliphatic carbocycles. The minimum atomic E-state index is -2.22. The summed E-state index contributed by atoms with van der Waals surface area (Å²) >= 11 is 0. The second kappa shape index (κ2) is 5.17. The van der Waals surface area contributed by atoms with Crippen LogP contribution >= 0.6 is 0 Å². The summed E-state index contributed by atoms with van der Waals surface area (Å²) in [6.07, 6.45) is 2.00. The Labute approximate surface area is 122 Å². The van der Waals surface area contributed by atoms with Crippen LogP contribution in [0.1, 0.15) is 34.9 Å². The van der Waals surface area contributed by atoms with Crippen LogP contribution in [0.25, 0.3) is 0 Å². The zero-order chi connectivity index (χ0) is 16.8. The first kappa shape index (κ1) is 10.3. The summed E-state index contributed by atoms with van der Waals surface area (Å²) in [6, 6.07) is 5.68. The summed E-state index contributed by atoms with van der Waals surface area (Å²) in [5, 5.41) is 0. The molecule has 2 fully saturated rings. The van der Waals surface area contributed by atoms with Crippen LogP contribution in [0.2, 0.25) is 0 Å². The molecule has 0 aromatic heterocycles. The highest BCUT2D eigenvalue weighted by molar-refractivity contribution is 5.75. The summed E-state index contributed by atoms with van der Waals surface area (Å²) in [6.45, 7) is -2.22. The first-order valence-electron chi connectivity index (χ1n) is 8.44. The number of nitrogens with zero attached hydrogens (tertiary/aromatic N) is 1. The first-order chi connectivity index (χ1) is 10.8. The van der Waals surface area contributed by atoms with Gasteiger partial charge in [0.1, 0.15) is 5.82 Å². The lowest BCUT2D eigenvalue weighted by Gasteiger charge is -2.41. The number of halogens is 1. The van der Waals surface area contributed by atoms with Gasteiger partial charge < -0.3 is 4.74 Å². The van der Waals surface area contributed by atoms with E-state index >= 15 is 0 Å². The zero-order valence-corrected chi connectivity index (χ0v) is 11.4. The number of methoxy groups -OCH3 is 1. The third-order valence-corrected chi connectivity index (χ3v) is 4.69. The number of rotatable bonds is 2. The molecule has 2 bridgehead atoms. The molecule has 4 atom stereocenters. The zero-order valence-electron chi connectivity index (χ0n) is 14.4. The molecule has 108 valence electrons. The third-order valence-electron chi connectivity index (χ3n) is 4.69. The fourth-order valence-electron chi connectivity index (χ4n) is 3.71. The molecule has 0 spiro atoms. The monoisotopic (exact) mass is 283 g/mol. The molecule has 0 N–H and O–H groups in total. The van der Waals surface area contributed by atoms with Crippen LogP contribution in [0.3, 0.4) is 0 Å². The maximum atomic E-state index is 13.2. The molecule has 2 aliphatic rings. The van der Waals surface area contributed by atoms with Crippen LogP contribution in [0, 0.1) is 11.7 Å². The molecule has 2 aliphatic heterocycles. The average molecular weight is 283 g/mol. The topological polar surface area (TPSA) is 29.5 Å². The summed E-state index contributed by atoms with van der Waals surface area (Å²) < 4.78 is 41.5. The third kappa shape index (κ3) is 2.12. The molecule has 2 heterocycles. The average Bonchev–Trinajstić information content (AvgIpc) is 2.82. The number of hydrogen-bond acceptors (Lipinski definition) is 3. The van der Waals surface area contributed by atoms with Gasteiger partial charge in [-0.2, -0.15) is 0 Å². The number of carbonyl (C=O) groups is 1. The van der Waals surface area contributed by atoms with Gasteiger partial charge in [-0.3, -0.25) is 9.69 Å². The molecule has 1 aromatic carbocycles. The molecular weight excluding hydrogens is 257 g/mol. The van der Waals surface area contributed by atoms with E-state index in [4.69, 9.17) is 8.85 Å². The van der Waals surface area contributed by atoms with E-state index in [9.17, 15) is 9.18 Å². The van der Waals surface area contributed by atoms with Crippen LogP contribution in [0.5, 0.6) is 0 Å². The van der Waals surface area contributed by atoms with Gasteiger partial charge in [0.05, 0.1) is 13.0 Å². The molecule has 2 saturated heterocycles. The van der Waals surface area contributed by atoms with Gasteiger partial charge in [0.15, 0.2) is 0 Å². The van der Waals surface area contributed by atoms with E-state index in [1.807, 2.05) is 0 Å². The number of carbonyl (C=O) groups excluding carboxylic acids is 1. The Balaban J connectivity index is 1.98. The van der Waals surface area contributed by atoms with Crippen molar-refractivity contribution < 1.29 is 18.0 Å². The van der Waals surface area contributed by atoms with Gasteiger partial charge in [-0.1, -0.05) is 12.1 Å². The molecule has 3 nitrogen and oxygen atoms in total. The van der Waals surface area contributed by atoms with Gasteiger partial charge >= 0.3 is 5.97 Å². The lowest BCUT2D eigenvalue weighted by atomic mass is 9.76. The Morgan fingerprint density at radius 1 is 1.40 bits per heavy atom. The summed E-state index contributed by atoms with van der Waals surface area (Å²) in [5.74, 6) is -1.39. The van der Waals surface area contributed by atoms with E-state index in [1.165, 1.54) is 24.1 Å². The number of esters is 1. The molecule has 0 amide bonds. The number of hydrogen-bond donors (Lipinski definition) is 0. The van der Waals surface area contributed by atoms with Gasteiger partial charge in [0.25, 0.3) is 0 Å². The summed E-state index contributed by atoms with van der Waals surface area (Å²) in [4.78, 5) is 13.9. The standard InChI is InChI=1S/C16H20FNO2/c1-18-12-7-8-14(18)15(16(19)20-2)13(9-12)10-3-5-11(17)6-4-10/h3-6,12-15H,7-9H2,1-2H3/t12-,13+,14+,15-/m0/s1/i1T3. The van der Waals surface area contributed by atoms with Gasteiger partial charge in [-0.05, 0) is 43.9 Å². The Hall–Kier alpha value is -1.42. The van der Waals surface area contributed by atoms with E-state index < -0.39 is 12.9 Å². The second-order valence-electron chi connectivity index (χ2n) is 5.65. The highest BCUT2D eigenvalue weighted by atomic mass is 19.1. The Morgan fingerprint density at radius 3 is 2.80 bits per heavy atom. The van der Waals surface area contributed by atoms with Crippen LogP contribution in [0.15, 0.2) is 24.3 Å². The lowest BCUT2D eigenvalue weighted by molar-refractivity contribution is -0.150. The molecular formula is C16H20FNO2. The molecule has 0 saturated carbocycles. The minimum Gasteiger partial charge on any atom is -0.469 e. The molecule has 1 aromatic rings. The number of piperidine rings is 1. The maximum Gasteiger partial charge on any atom is 0.310 e. The van der Waals surface area contributed by atoms with Crippen molar-refractivity contribution in [2.45, 2.75) is 37.3 Å². The molecule has 0 radical (unpaired) electrons. The number of ether oxygens (including phenoxy) is 1. The molecule has 20 heavy (non-hydrogen) atoms. The Bertz CT molecular complexity index is 590. The highest BCUT2D eigenvalue weighted by Gasteiger charge is 2.49. The van der Waals surface area contributed by atoms with E-state index in [-0.39, 0.29) is 29.8 Å².